The predicted octanol–water partition coefficient (Wildman–Crippen LogP) is 4.42. The maximum Gasteiger partial charge on any atom is 0.260 e. The first-order valence-electron chi connectivity index (χ1n) is 9.97. The van der Waals surface area contributed by atoms with Crippen molar-refractivity contribution >= 4 is 62.3 Å². The molecule has 0 spiro atoms. The summed E-state index contributed by atoms with van der Waals surface area (Å²) in [6, 6.07) is 13.3. The van der Waals surface area contributed by atoms with Gasteiger partial charge in [0.25, 0.3) is 5.91 Å². The summed E-state index contributed by atoms with van der Waals surface area (Å²) in [4.78, 5) is 24.3. The van der Waals surface area contributed by atoms with Crippen molar-refractivity contribution in [1.82, 2.24) is 9.88 Å². The third kappa shape index (κ3) is 5.67. The number of carbonyl (C=O) groups excluding carboxylic acids is 1. The number of hydrogen-bond donors (Lipinski definition) is 0. The Kier molecular flexibility index (Phi) is 8.13. The van der Waals surface area contributed by atoms with Gasteiger partial charge in [-0.1, -0.05) is 22.9 Å². The van der Waals surface area contributed by atoms with Crippen molar-refractivity contribution in [3.63, 3.8) is 0 Å². The predicted molar refractivity (Wildman–Crippen MR) is 132 cm³/mol. The Bertz CT molecular complexity index is 1020. The third-order valence-corrected chi connectivity index (χ3v) is 6.47. The van der Waals surface area contributed by atoms with Crippen molar-refractivity contribution in [2.45, 2.75) is 0 Å². The molecule has 2 aromatic carbocycles. The SMILES string of the molecule is CN(C)c1ccc(C(=O)N(CCN2CCOCC2)c2nc3ccc(Cl)cc3s2)cc1.Cl. The molecule has 0 aliphatic carbocycles. The van der Waals surface area contributed by atoms with E-state index in [1.807, 2.05) is 61.5 Å². The van der Waals surface area contributed by atoms with E-state index in [0.717, 1.165) is 48.8 Å². The summed E-state index contributed by atoms with van der Waals surface area (Å²) in [5, 5.41) is 1.37. The fourth-order valence-corrected chi connectivity index (χ4v) is 4.68. The lowest BCUT2D eigenvalue weighted by molar-refractivity contribution is 0.0391. The molecule has 4 rings (SSSR count). The number of fused-ring (bicyclic) bond motifs is 1. The van der Waals surface area contributed by atoms with E-state index in [0.29, 0.717) is 22.3 Å². The summed E-state index contributed by atoms with van der Waals surface area (Å²) >= 11 is 7.64. The summed E-state index contributed by atoms with van der Waals surface area (Å²) in [5.74, 6) is -0.0429. The molecule has 166 valence electrons. The van der Waals surface area contributed by atoms with Crippen molar-refractivity contribution in [2.75, 3.05) is 63.3 Å². The Morgan fingerprint density at radius 3 is 2.55 bits per heavy atom. The zero-order valence-corrected chi connectivity index (χ0v) is 20.0. The largest absolute Gasteiger partial charge is 0.379 e. The quantitative estimate of drug-likeness (QED) is 0.522. The number of aromatic nitrogens is 1. The van der Waals surface area contributed by atoms with Gasteiger partial charge < -0.3 is 9.64 Å². The van der Waals surface area contributed by atoms with Gasteiger partial charge in [0.15, 0.2) is 5.13 Å². The topological polar surface area (TPSA) is 48.9 Å². The van der Waals surface area contributed by atoms with E-state index < -0.39 is 0 Å². The monoisotopic (exact) mass is 480 g/mol. The normalized spacial score (nSPS) is 14.3. The first kappa shape index (κ1) is 23.8. The standard InChI is InChI=1S/C22H25ClN4O2S.ClH/c1-25(2)18-6-3-16(4-7-18)21(28)27(10-9-26-11-13-29-14-12-26)22-24-19-8-5-17(23)15-20(19)30-22;/h3-8,15H,9-14H2,1-2H3;1H. The zero-order valence-electron chi connectivity index (χ0n) is 17.6. The number of thiazole rings is 1. The summed E-state index contributed by atoms with van der Waals surface area (Å²) < 4.78 is 6.42. The lowest BCUT2D eigenvalue weighted by Gasteiger charge is -2.29. The number of hydrogen-bond acceptors (Lipinski definition) is 6. The highest BCUT2D eigenvalue weighted by atomic mass is 35.5. The van der Waals surface area contributed by atoms with Crippen LogP contribution in [0.2, 0.25) is 5.02 Å². The average molecular weight is 481 g/mol. The lowest BCUT2D eigenvalue weighted by Crippen LogP contribution is -2.43. The average Bonchev–Trinajstić information content (AvgIpc) is 3.17. The second-order valence-corrected chi connectivity index (χ2v) is 8.91. The van der Waals surface area contributed by atoms with E-state index >= 15 is 0 Å². The van der Waals surface area contributed by atoms with Gasteiger partial charge in [-0.25, -0.2) is 4.98 Å². The maximum absolute atomic E-state index is 13.5. The first-order chi connectivity index (χ1) is 14.5. The van der Waals surface area contributed by atoms with Gasteiger partial charge in [-0.15, -0.1) is 12.4 Å². The molecule has 1 aliphatic heterocycles. The highest BCUT2D eigenvalue weighted by Crippen LogP contribution is 2.31. The molecule has 2 heterocycles. The highest BCUT2D eigenvalue weighted by Gasteiger charge is 2.23. The molecule has 1 saturated heterocycles. The molecule has 6 nitrogen and oxygen atoms in total. The van der Waals surface area contributed by atoms with Crippen molar-refractivity contribution in [2.24, 2.45) is 0 Å². The highest BCUT2D eigenvalue weighted by molar-refractivity contribution is 7.22. The molecule has 1 amide bonds. The van der Waals surface area contributed by atoms with Crippen molar-refractivity contribution in [3.05, 3.63) is 53.1 Å². The van der Waals surface area contributed by atoms with Crippen molar-refractivity contribution < 1.29 is 9.53 Å². The molecule has 1 aromatic heterocycles. The number of halogens is 2. The molecule has 0 atom stereocenters. The minimum absolute atomic E-state index is 0. The fraction of sp³-hybridized carbons (Fsp3) is 0.364. The van der Waals surface area contributed by atoms with E-state index in [9.17, 15) is 4.79 Å². The van der Waals surface area contributed by atoms with Gasteiger partial charge in [-0.3, -0.25) is 14.6 Å². The molecule has 31 heavy (non-hydrogen) atoms. The van der Waals surface area contributed by atoms with Gasteiger partial charge >= 0.3 is 0 Å². The minimum Gasteiger partial charge on any atom is -0.379 e. The number of morpholine rings is 1. The molecule has 0 N–H and O–H groups in total. The summed E-state index contributed by atoms with van der Waals surface area (Å²) in [6.07, 6.45) is 0. The van der Waals surface area contributed by atoms with E-state index in [1.165, 1.54) is 11.3 Å². The Labute approximate surface area is 197 Å². The molecule has 9 heteroatoms. The van der Waals surface area contributed by atoms with Crippen LogP contribution in [0, 0.1) is 0 Å². The second-order valence-electron chi connectivity index (χ2n) is 7.46. The van der Waals surface area contributed by atoms with Crippen LogP contribution in [0.15, 0.2) is 42.5 Å². The molecule has 0 unspecified atom stereocenters. The third-order valence-electron chi connectivity index (χ3n) is 5.19. The Balaban J connectivity index is 0.00000272. The number of ether oxygens (including phenoxy) is 1. The number of benzene rings is 2. The van der Waals surface area contributed by atoms with Gasteiger partial charge in [0, 0.05) is 56.5 Å². The van der Waals surface area contributed by atoms with Gasteiger partial charge in [-0.05, 0) is 42.5 Å². The zero-order chi connectivity index (χ0) is 21.1. The first-order valence-corrected chi connectivity index (χ1v) is 11.2. The van der Waals surface area contributed by atoms with Crippen LogP contribution < -0.4 is 9.80 Å². The molecule has 1 aliphatic rings. The number of anilines is 2. The minimum atomic E-state index is -0.0429. The summed E-state index contributed by atoms with van der Waals surface area (Å²) in [5.41, 5.74) is 2.56. The number of rotatable bonds is 6. The van der Waals surface area contributed by atoms with Crippen LogP contribution in [-0.4, -0.2) is 69.3 Å². The van der Waals surface area contributed by atoms with Crippen LogP contribution in [0.3, 0.4) is 0 Å². The molecule has 3 aromatic rings. The van der Waals surface area contributed by atoms with Gasteiger partial charge in [0.2, 0.25) is 0 Å². The van der Waals surface area contributed by atoms with Crippen LogP contribution in [-0.2, 0) is 4.74 Å². The number of carbonyl (C=O) groups is 1. The number of amides is 1. The van der Waals surface area contributed by atoms with Crippen LogP contribution in [0.25, 0.3) is 10.2 Å². The van der Waals surface area contributed by atoms with Gasteiger partial charge in [0.1, 0.15) is 0 Å². The van der Waals surface area contributed by atoms with E-state index in [4.69, 9.17) is 21.3 Å². The Morgan fingerprint density at radius 2 is 1.87 bits per heavy atom. The van der Waals surface area contributed by atoms with E-state index in [2.05, 4.69) is 4.90 Å². The van der Waals surface area contributed by atoms with Gasteiger partial charge in [-0.2, -0.15) is 0 Å². The molecule has 0 radical (unpaired) electrons. The lowest BCUT2D eigenvalue weighted by atomic mass is 10.1. The fourth-order valence-electron chi connectivity index (χ4n) is 3.41. The molecule has 0 bridgehead atoms. The van der Waals surface area contributed by atoms with Gasteiger partial charge in [0.05, 0.1) is 23.4 Å². The summed E-state index contributed by atoms with van der Waals surface area (Å²) in [6.45, 7) is 4.59. The van der Waals surface area contributed by atoms with Crippen LogP contribution >= 0.6 is 35.3 Å². The molecule has 0 saturated carbocycles. The molecular weight excluding hydrogens is 455 g/mol. The smallest absolute Gasteiger partial charge is 0.260 e. The van der Waals surface area contributed by atoms with Crippen LogP contribution in [0.1, 0.15) is 10.4 Å². The second kappa shape index (κ2) is 10.6. The van der Waals surface area contributed by atoms with Crippen molar-refractivity contribution in [1.29, 1.82) is 0 Å². The maximum atomic E-state index is 13.5. The Morgan fingerprint density at radius 1 is 1.16 bits per heavy atom. The van der Waals surface area contributed by atoms with E-state index in [1.54, 1.807) is 4.90 Å². The Hall–Kier alpha value is -1.90. The van der Waals surface area contributed by atoms with Crippen LogP contribution in [0.5, 0.6) is 0 Å². The molecular formula is C22H26Cl2N4O2S. The summed E-state index contributed by atoms with van der Waals surface area (Å²) in [7, 11) is 3.97. The van der Waals surface area contributed by atoms with Crippen molar-refractivity contribution in [3.8, 4) is 0 Å². The molecule has 1 fully saturated rings. The van der Waals surface area contributed by atoms with E-state index in [-0.39, 0.29) is 18.3 Å². The number of nitrogens with zero attached hydrogens (tertiary/aromatic N) is 4. The van der Waals surface area contributed by atoms with Crippen LogP contribution in [0.4, 0.5) is 10.8 Å².